The van der Waals surface area contributed by atoms with Gasteiger partial charge in [-0.2, -0.15) is 0 Å². The molecule has 0 saturated carbocycles. The van der Waals surface area contributed by atoms with Gasteiger partial charge in [0, 0.05) is 29.1 Å². The van der Waals surface area contributed by atoms with E-state index in [1.807, 2.05) is 35.7 Å². The molecular formula is C19H18ClN3O3S2. The molecule has 0 saturated heterocycles. The minimum Gasteiger partial charge on any atom is -0.354 e. The van der Waals surface area contributed by atoms with Crippen molar-refractivity contribution in [1.29, 1.82) is 0 Å². The van der Waals surface area contributed by atoms with Gasteiger partial charge in [-0.3, -0.25) is 4.79 Å². The Hall–Kier alpha value is -2.26. The zero-order valence-corrected chi connectivity index (χ0v) is 17.2. The zero-order chi connectivity index (χ0) is 20.0. The van der Waals surface area contributed by atoms with Crippen LogP contribution in [0.15, 0.2) is 64.9 Å². The maximum atomic E-state index is 12.2. The summed E-state index contributed by atoms with van der Waals surface area (Å²) in [6, 6.07) is 15.7. The van der Waals surface area contributed by atoms with E-state index in [-0.39, 0.29) is 30.3 Å². The number of carbonyl (C=O) groups is 1. The number of nitrogens with one attached hydrogen (secondary N) is 2. The lowest BCUT2D eigenvalue weighted by Gasteiger charge is -2.08. The minimum atomic E-state index is -3.66. The van der Waals surface area contributed by atoms with Crippen molar-refractivity contribution in [1.82, 2.24) is 15.0 Å². The van der Waals surface area contributed by atoms with Gasteiger partial charge in [-0.15, -0.1) is 11.3 Å². The second kappa shape index (κ2) is 9.29. The largest absolute Gasteiger partial charge is 0.354 e. The van der Waals surface area contributed by atoms with Crippen LogP contribution in [0.5, 0.6) is 0 Å². The topological polar surface area (TPSA) is 88.2 Å². The monoisotopic (exact) mass is 435 g/mol. The zero-order valence-electron chi connectivity index (χ0n) is 14.8. The first kappa shape index (κ1) is 20.5. The van der Waals surface area contributed by atoms with Crippen molar-refractivity contribution in [2.24, 2.45) is 0 Å². The van der Waals surface area contributed by atoms with E-state index in [9.17, 15) is 13.2 Å². The summed E-state index contributed by atoms with van der Waals surface area (Å²) in [6.45, 7) is 0.251. The molecular weight excluding hydrogens is 418 g/mol. The summed E-state index contributed by atoms with van der Waals surface area (Å²) < 4.78 is 26.8. The Morgan fingerprint density at radius 1 is 1.07 bits per heavy atom. The molecule has 1 heterocycles. The van der Waals surface area contributed by atoms with Gasteiger partial charge in [-0.1, -0.05) is 48.0 Å². The van der Waals surface area contributed by atoms with Gasteiger partial charge in [0.25, 0.3) is 0 Å². The molecule has 0 bridgehead atoms. The highest BCUT2D eigenvalue weighted by molar-refractivity contribution is 7.89. The third kappa shape index (κ3) is 5.62. The van der Waals surface area contributed by atoms with Crippen molar-refractivity contribution in [2.45, 2.75) is 11.3 Å². The molecule has 0 spiro atoms. The fourth-order valence-corrected chi connectivity index (χ4v) is 4.59. The number of rotatable bonds is 8. The quantitative estimate of drug-likeness (QED) is 0.532. The summed E-state index contributed by atoms with van der Waals surface area (Å²) in [6.07, 6.45) is 0.143. The number of amides is 1. The lowest BCUT2D eigenvalue weighted by Crippen LogP contribution is -2.35. The average Bonchev–Trinajstić information content (AvgIpc) is 3.14. The first-order chi connectivity index (χ1) is 13.4. The lowest BCUT2D eigenvalue weighted by atomic mass is 10.2. The summed E-state index contributed by atoms with van der Waals surface area (Å²) in [5.41, 5.74) is 1.69. The van der Waals surface area contributed by atoms with Gasteiger partial charge in [-0.05, 0) is 18.2 Å². The molecule has 3 aromatic rings. The van der Waals surface area contributed by atoms with Crippen LogP contribution in [-0.2, 0) is 21.2 Å². The number of thiazole rings is 1. The molecule has 1 amide bonds. The highest BCUT2D eigenvalue weighted by Crippen LogP contribution is 2.23. The van der Waals surface area contributed by atoms with Gasteiger partial charge in [0.1, 0.15) is 5.01 Å². The van der Waals surface area contributed by atoms with Gasteiger partial charge < -0.3 is 5.32 Å². The molecule has 0 fully saturated rings. The van der Waals surface area contributed by atoms with E-state index in [0.717, 1.165) is 10.6 Å². The maximum Gasteiger partial charge on any atom is 0.240 e. The van der Waals surface area contributed by atoms with Crippen molar-refractivity contribution >= 4 is 38.9 Å². The van der Waals surface area contributed by atoms with E-state index < -0.39 is 10.0 Å². The third-order valence-electron chi connectivity index (χ3n) is 3.76. The third-order valence-corrected chi connectivity index (χ3v) is 6.39. The molecule has 146 valence electrons. The Labute approximate surface area is 172 Å². The Morgan fingerprint density at radius 2 is 1.86 bits per heavy atom. The maximum absolute atomic E-state index is 12.2. The predicted octanol–water partition coefficient (Wildman–Crippen LogP) is 3.10. The molecule has 28 heavy (non-hydrogen) atoms. The average molecular weight is 436 g/mol. The molecule has 0 atom stereocenters. The number of sulfonamides is 1. The number of hydrogen-bond donors (Lipinski definition) is 2. The standard InChI is InChI=1S/C19H18ClN3O3S2/c20-15-7-4-8-17(11-15)28(25,26)22-10-9-21-18(24)12-16-13-27-19(23-16)14-5-2-1-3-6-14/h1-8,11,13,22H,9-10,12H2,(H,21,24). The molecule has 0 aliphatic carbocycles. The SMILES string of the molecule is O=C(Cc1csc(-c2ccccc2)n1)NCCNS(=O)(=O)c1cccc(Cl)c1. The summed E-state index contributed by atoms with van der Waals surface area (Å²) >= 11 is 7.30. The van der Waals surface area contributed by atoms with E-state index >= 15 is 0 Å². The van der Waals surface area contributed by atoms with Gasteiger partial charge in [0.2, 0.25) is 15.9 Å². The van der Waals surface area contributed by atoms with Crippen molar-refractivity contribution in [3.63, 3.8) is 0 Å². The van der Waals surface area contributed by atoms with Crippen molar-refractivity contribution in [3.05, 3.63) is 70.7 Å². The van der Waals surface area contributed by atoms with Crippen LogP contribution in [0, 0.1) is 0 Å². The fourth-order valence-electron chi connectivity index (χ4n) is 2.43. The molecule has 0 aliphatic heterocycles. The fraction of sp³-hybridized carbons (Fsp3) is 0.158. The number of halogens is 1. The number of nitrogens with zero attached hydrogens (tertiary/aromatic N) is 1. The first-order valence-corrected chi connectivity index (χ1v) is 11.2. The van der Waals surface area contributed by atoms with Gasteiger partial charge in [-0.25, -0.2) is 18.1 Å². The predicted molar refractivity (Wildman–Crippen MR) is 111 cm³/mol. The first-order valence-electron chi connectivity index (χ1n) is 8.46. The summed E-state index contributed by atoms with van der Waals surface area (Å²) in [5, 5.41) is 5.74. The van der Waals surface area contributed by atoms with Crippen LogP contribution < -0.4 is 10.0 Å². The molecule has 2 N–H and O–H groups in total. The van der Waals surface area contributed by atoms with Crippen LogP contribution in [-0.4, -0.2) is 32.4 Å². The van der Waals surface area contributed by atoms with E-state index in [1.54, 1.807) is 12.1 Å². The molecule has 0 unspecified atom stereocenters. The van der Waals surface area contributed by atoms with Gasteiger partial charge >= 0.3 is 0 Å². The summed E-state index contributed by atoms with van der Waals surface area (Å²) in [4.78, 5) is 16.6. The molecule has 9 heteroatoms. The Kier molecular flexibility index (Phi) is 6.79. The number of aromatic nitrogens is 1. The van der Waals surface area contributed by atoms with E-state index in [1.165, 1.54) is 23.5 Å². The molecule has 0 aliphatic rings. The Balaban J connectivity index is 1.46. The van der Waals surface area contributed by atoms with Crippen LogP contribution in [0.1, 0.15) is 5.69 Å². The Morgan fingerprint density at radius 3 is 2.61 bits per heavy atom. The number of carbonyl (C=O) groups excluding carboxylic acids is 1. The smallest absolute Gasteiger partial charge is 0.240 e. The van der Waals surface area contributed by atoms with Crippen molar-refractivity contribution in [3.8, 4) is 10.6 Å². The lowest BCUT2D eigenvalue weighted by molar-refractivity contribution is -0.120. The number of benzene rings is 2. The molecule has 2 aromatic carbocycles. The molecule has 6 nitrogen and oxygen atoms in total. The summed E-state index contributed by atoms with van der Waals surface area (Å²) in [5.74, 6) is -0.216. The van der Waals surface area contributed by atoms with Gasteiger partial charge in [0.15, 0.2) is 0 Å². The minimum absolute atomic E-state index is 0.0763. The van der Waals surface area contributed by atoms with Crippen molar-refractivity contribution in [2.75, 3.05) is 13.1 Å². The number of hydrogen-bond acceptors (Lipinski definition) is 5. The van der Waals surface area contributed by atoms with Gasteiger partial charge in [0.05, 0.1) is 17.0 Å². The van der Waals surface area contributed by atoms with E-state index in [2.05, 4.69) is 15.0 Å². The van der Waals surface area contributed by atoms with Crippen molar-refractivity contribution < 1.29 is 13.2 Å². The van der Waals surface area contributed by atoms with E-state index in [4.69, 9.17) is 11.6 Å². The highest BCUT2D eigenvalue weighted by atomic mass is 35.5. The van der Waals surface area contributed by atoms with Crippen LogP contribution in [0.2, 0.25) is 5.02 Å². The Bertz CT molecular complexity index is 1050. The molecule has 3 rings (SSSR count). The van der Waals surface area contributed by atoms with Crippen LogP contribution in [0.3, 0.4) is 0 Å². The summed E-state index contributed by atoms with van der Waals surface area (Å²) in [7, 11) is -3.66. The van der Waals surface area contributed by atoms with Crippen LogP contribution >= 0.6 is 22.9 Å². The normalized spacial score (nSPS) is 11.3. The highest BCUT2D eigenvalue weighted by Gasteiger charge is 2.14. The second-order valence-electron chi connectivity index (χ2n) is 5.89. The van der Waals surface area contributed by atoms with Crippen LogP contribution in [0.25, 0.3) is 10.6 Å². The second-order valence-corrected chi connectivity index (χ2v) is 8.95. The van der Waals surface area contributed by atoms with E-state index in [0.29, 0.717) is 10.7 Å². The van der Waals surface area contributed by atoms with Crippen LogP contribution in [0.4, 0.5) is 0 Å². The molecule has 1 aromatic heterocycles. The molecule has 0 radical (unpaired) electrons.